The molecule has 0 aromatic heterocycles. The maximum Gasteiger partial charge on any atom is 0.123 e. The summed E-state index contributed by atoms with van der Waals surface area (Å²) < 4.78 is 13.1. The molecule has 0 aliphatic carbocycles. The minimum Gasteiger partial charge on any atom is -0.323 e. The molecule has 0 heterocycles. The van der Waals surface area contributed by atoms with Crippen LogP contribution in [0, 0.1) is 12.7 Å². The summed E-state index contributed by atoms with van der Waals surface area (Å²) in [5.41, 5.74) is 8.16. The fourth-order valence-corrected chi connectivity index (χ4v) is 2.75. The Bertz CT molecular complexity index is 527. The predicted octanol–water partition coefficient (Wildman–Crippen LogP) is 3.93. The van der Waals surface area contributed by atoms with Crippen molar-refractivity contribution in [2.45, 2.75) is 17.9 Å². The highest BCUT2D eigenvalue weighted by Crippen LogP contribution is 2.26. The summed E-state index contributed by atoms with van der Waals surface area (Å²) in [7, 11) is 0. The van der Waals surface area contributed by atoms with E-state index in [0.29, 0.717) is 0 Å². The molecule has 18 heavy (non-hydrogen) atoms. The van der Waals surface area contributed by atoms with E-state index in [1.165, 1.54) is 22.6 Å². The number of hydrogen-bond acceptors (Lipinski definition) is 2. The lowest BCUT2D eigenvalue weighted by atomic mass is 10.1. The van der Waals surface area contributed by atoms with Crippen LogP contribution >= 0.6 is 11.8 Å². The van der Waals surface area contributed by atoms with E-state index >= 15 is 0 Å². The Morgan fingerprint density at radius 1 is 1.17 bits per heavy atom. The molecule has 1 atom stereocenters. The normalized spacial score (nSPS) is 12.4. The molecule has 3 heteroatoms. The second kappa shape index (κ2) is 6.03. The molecule has 2 aromatic rings. The summed E-state index contributed by atoms with van der Waals surface area (Å²) in [5, 5.41) is 0. The highest BCUT2D eigenvalue weighted by molar-refractivity contribution is 7.99. The van der Waals surface area contributed by atoms with Crippen LogP contribution in [0.3, 0.4) is 0 Å². The zero-order valence-electron chi connectivity index (χ0n) is 10.3. The van der Waals surface area contributed by atoms with Gasteiger partial charge in [-0.15, -0.1) is 11.8 Å². The van der Waals surface area contributed by atoms with E-state index in [4.69, 9.17) is 5.73 Å². The van der Waals surface area contributed by atoms with Crippen molar-refractivity contribution in [3.63, 3.8) is 0 Å². The molecule has 0 saturated heterocycles. The zero-order valence-corrected chi connectivity index (χ0v) is 11.1. The van der Waals surface area contributed by atoms with Gasteiger partial charge in [0.2, 0.25) is 0 Å². The first-order valence-corrected chi connectivity index (χ1v) is 6.85. The molecule has 0 aliphatic heterocycles. The van der Waals surface area contributed by atoms with Crippen LogP contribution in [0.25, 0.3) is 0 Å². The average Bonchev–Trinajstić information content (AvgIpc) is 2.37. The molecule has 0 radical (unpaired) electrons. The van der Waals surface area contributed by atoms with Gasteiger partial charge in [0.05, 0.1) is 0 Å². The number of hydrogen-bond donors (Lipinski definition) is 1. The molecule has 0 aliphatic rings. The van der Waals surface area contributed by atoms with Gasteiger partial charge in [-0.05, 0) is 36.2 Å². The van der Waals surface area contributed by atoms with Crippen molar-refractivity contribution in [1.29, 1.82) is 0 Å². The highest BCUT2D eigenvalue weighted by atomic mass is 32.2. The van der Waals surface area contributed by atoms with Crippen molar-refractivity contribution in [3.8, 4) is 0 Å². The Labute approximate surface area is 111 Å². The van der Waals surface area contributed by atoms with Crippen LogP contribution in [0.4, 0.5) is 4.39 Å². The molecule has 94 valence electrons. The molecule has 2 N–H and O–H groups in total. The van der Waals surface area contributed by atoms with Gasteiger partial charge in [-0.1, -0.05) is 30.3 Å². The molecule has 0 spiro atoms. The van der Waals surface area contributed by atoms with Gasteiger partial charge in [-0.2, -0.15) is 0 Å². The SMILES string of the molecule is Cc1ccccc1SCC(N)c1cccc(F)c1. The van der Waals surface area contributed by atoms with Gasteiger partial charge in [0.15, 0.2) is 0 Å². The Morgan fingerprint density at radius 3 is 2.67 bits per heavy atom. The molecule has 0 amide bonds. The van der Waals surface area contributed by atoms with Gasteiger partial charge in [-0.25, -0.2) is 4.39 Å². The molecular weight excluding hydrogens is 245 g/mol. The van der Waals surface area contributed by atoms with E-state index in [9.17, 15) is 4.39 Å². The number of benzene rings is 2. The minimum atomic E-state index is -0.233. The van der Waals surface area contributed by atoms with Crippen LogP contribution in [0.1, 0.15) is 17.2 Å². The first-order valence-electron chi connectivity index (χ1n) is 5.86. The van der Waals surface area contributed by atoms with E-state index in [1.54, 1.807) is 17.8 Å². The molecule has 0 bridgehead atoms. The molecule has 2 rings (SSSR count). The van der Waals surface area contributed by atoms with E-state index < -0.39 is 0 Å². The fourth-order valence-electron chi connectivity index (χ4n) is 1.73. The maximum atomic E-state index is 13.1. The van der Waals surface area contributed by atoms with Crippen LogP contribution in [-0.4, -0.2) is 5.75 Å². The monoisotopic (exact) mass is 261 g/mol. The lowest BCUT2D eigenvalue weighted by molar-refractivity contribution is 0.622. The number of rotatable bonds is 4. The van der Waals surface area contributed by atoms with Crippen LogP contribution in [0.5, 0.6) is 0 Å². The largest absolute Gasteiger partial charge is 0.323 e. The van der Waals surface area contributed by atoms with E-state index in [2.05, 4.69) is 19.1 Å². The van der Waals surface area contributed by atoms with Crippen LogP contribution < -0.4 is 5.73 Å². The highest BCUT2D eigenvalue weighted by Gasteiger charge is 2.08. The summed E-state index contributed by atoms with van der Waals surface area (Å²) >= 11 is 1.71. The summed E-state index contributed by atoms with van der Waals surface area (Å²) in [5.74, 6) is 0.512. The van der Waals surface area contributed by atoms with Gasteiger partial charge in [0.1, 0.15) is 5.82 Å². The third-order valence-corrected chi connectivity index (χ3v) is 4.08. The molecule has 1 unspecified atom stereocenters. The fraction of sp³-hybridized carbons (Fsp3) is 0.200. The topological polar surface area (TPSA) is 26.0 Å². The number of halogens is 1. The van der Waals surface area contributed by atoms with Crippen molar-refractivity contribution >= 4 is 11.8 Å². The second-order valence-electron chi connectivity index (χ2n) is 4.24. The van der Waals surface area contributed by atoms with Crippen molar-refractivity contribution in [1.82, 2.24) is 0 Å². The molecular formula is C15H16FNS. The first-order chi connectivity index (χ1) is 8.66. The van der Waals surface area contributed by atoms with Gasteiger partial charge in [0, 0.05) is 16.7 Å². The molecule has 2 aromatic carbocycles. The number of aryl methyl sites for hydroxylation is 1. The van der Waals surface area contributed by atoms with Crippen LogP contribution in [-0.2, 0) is 0 Å². The van der Waals surface area contributed by atoms with Crippen molar-refractivity contribution in [2.75, 3.05) is 5.75 Å². The minimum absolute atomic E-state index is 0.148. The lowest BCUT2D eigenvalue weighted by Gasteiger charge is -2.12. The molecule has 0 saturated carbocycles. The van der Waals surface area contributed by atoms with Crippen molar-refractivity contribution < 1.29 is 4.39 Å². The summed E-state index contributed by atoms with van der Waals surface area (Å²) in [6.45, 7) is 2.08. The summed E-state index contributed by atoms with van der Waals surface area (Å²) in [4.78, 5) is 1.23. The second-order valence-corrected chi connectivity index (χ2v) is 5.30. The Morgan fingerprint density at radius 2 is 1.94 bits per heavy atom. The third kappa shape index (κ3) is 3.34. The van der Waals surface area contributed by atoms with Crippen LogP contribution in [0.15, 0.2) is 53.4 Å². The maximum absolute atomic E-state index is 13.1. The van der Waals surface area contributed by atoms with Gasteiger partial charge in [-0.3, -0.25) is 0 Å². The van der Waals surface area contributed by atoms with E-state index in [1.807, 2.05) is 18.2 Å². The Balaban J connectivity index is 2.00. The Hall–Kier alpha value is -1.32. The average molecular weight is 261 g/mol. The van der Waals surface area contributed by atoms with Gasteiger partial charge >= 0.3 is 0 Å². The summed E-state index contributed by atoms with van der Waals surface area (Å²) in [6.07, 6.45) is 0. The van der Waals surface area contributed by atoms with E-state index in [-0.39, 0.29) is 11.9 Å². The zero-order chi connectivity index (χ0) is 13.0. The smallest absolute Gasteiger partial charge is 0.123 e. The third-order valence-electron chi connectivity index (χ3n) is 2.79. The van der Waals surface area contributed by atoms with Crippen LogP contribution in [0.2, 0.25) is 0 Å². The van der Waals surface area contributed by atoms with Crippen molar-refractivity contribution in [3.05, 3.63) is 65.5 Å². The molecule has 1 nitrogen and oxygen atoms in total. The van der Waals surface area contributed by atoms with E-state index in [0.717, 1.165) is 11.3 Å². The standard InChI is InChI=1S/C15H16FNS/c1-11-5-2-3-8-15(11)18-10-14(17)12-6-4-7-13(16)9-12/h2-9,14H,10,17H2,1H3. The molecule has 0 fully saturated rings. The summed E-state index contributed by atoms with van der Waals surface area (Å²) in [6, 6.07) is 14.6. The lowest BCUT2D eigenvalue weighted by Crippen LogP contribution is -2.13. The van der Waals surface area contributed by atoms with Crippen molar-refractivity contribution in [2.24, 2.45) is 5.73 Å². The first kappa shape index (κ1) is 13.1. The number of thioether (sulfide) groups is 1. The van der Waals surface area contributed by atoms with Gasteiger partial charge < -0.3 is 5.73 Å². The Kier molecular flexibility index (Phi) is 4.39. The quantitative estimate of drug-likeness (QED) is 0.844. The van der Waals surface area contributed by atoms with Gasteiger partial charge in [0.25, 0.3) is 0 Å². The number of nitrogens with two attached hydrogens (primary N) is 1. The predicted molar refractivity (Wildman–Crippen MR) is 75.2 cm³/mol.